The van der Waals surface area contributed by atoms with E-state index in [0.717, 1.165) is 16.8 Å². The van der Waals surface area contributed by atoms with Crippen molar-refractivity contribution in [2.24, 2.45) is 0 Å². The Morgan fingerprint density at radius 1 is 1.05 bits per heavy atom. The minimum atomic E-state index is 0.0526. The second-order valence-corrected chi connectivity index (χ2v) is 4.71. The van der Waals surface area contributed by atoms with Crippen LogP contribution in [0.5, 0.6) is 0 Å². The molecule has 0 atom stereocenters. The molecule has 2 nitrogen and oxygen atoms in total. The first-order valence-corrected chi connectivity index (χ1v) is 6.57. The molecule has 1 amide bonds. The lowest BCUT2D eigenvalue weighted by atomic mass is 10.1. The van der Waals surface area contributed by atoms with Crippen LogP contribution in [-0.4, -0.2) is 12.5 Å². The average Bonchev–Trinajstić information content (AvgIpc) is 2.44. The van der Waals surface area contributed by atoms with Gasteiger partial charge in [-0.2, -0.15) is 0 Å². The molecule has 0 radical (unpaired) electrons. The first kappa shape index (κ1) is 13.3. The van der Waals surface area contributed by atoms with Gasteiger partial charge < -0.3 is 4.90 Å². The molecular weight excluding hydrogens is 234 g/mol. The minimum Gasteiger partial charge on any atom is -0.308 e. The molecule has 0 aliphatic heterocycles. The molecule has 0 aromatic heterocycles. The van der Waals surface area contributed by atoms with Crippen LogP contribution in [0.4, 0.5) is 5.69 Å². The fourth-order valence-corrected chi connectivity index (χ4v) is 2.17. The number of hydrogen-bond donors (Lipinski definition) is 0. The fourth-order valence-electron chi connectivity index (χ4n) is 2.17. The van der Waals surface area contributed by atoms with Gasteiger partial charge in [0.05, 0.1) is 0 Å². The van der Waals surface area contributed by atoms with Crippen LogP contribution in [0.1, 0.15) is 28.4 Å². The summed E-state index contributed by atoms with van der Waals surface area (Å²) in [5.41, 5.74) is 4.01. The van der Waals surface area contributed by atoms with E-state index in [9.17, 15) is 4.79 Å². The number of nitrogens with zero attached hydrogens (tertiary/aromatic N) is 1. The van der Waals surface area contributed by atoms with E-state index >= 15 is 0 Å². The molecule has 2 rings (SSSR count). The van der Waals surface area contributed by atoms with Crippen molar-refractivity contribution in [1.82, 2.24) is 0 Å². The maximum absolute atomic E-state index is 12.6. The molecule has 0 fully saturated rings. The highest BCUT2D eigenvalue weighted by molar-refractivity contribution is 6.06. The summed E-state index contributed by atoms with van der Waals surface area (Å²) in [4.78, 5) is 14.4. The highest BCUT2D eigenvalue weighted by Crippen LogP contribution is 2.23. The van der Waals surface area contributed by atoms with Gasteiger partial charge in [0.25, 0.3) is 5.91 Å². The lowest BCUT2D eigenvalue weighted by molar-refractivity contribution is 0.0988. The van der Waals surface area contributed by atoms with Gasteiger partial charge >= 0.3 is 0 Å². The van der Waals surface area contributed by atoms with E-state index in [1.165, 1.54) is 5.56 Å². The molecule has 0 aliphatic carbocycles. The monoisotopic (exact) mass is 253 g/mol. The van der Waals surface area contributed by atoms with Crippen LogP contribution in [0.3, 0.4) is 0 Å². The topological polar surface area (TPSA) is 20.3 Å². The summed E-state index contributed by atoms with van der Waals surface area (Å²) < 4.78 is 0. The number of carbonyl (C=O) groups excluding carboxylic acids is 1. The van der Waals surface area contributed by atoms with Crippen molar-refractivity contribution in [3.8, 4) is 0 Å². The number of aryl methyl sites for hydroxylation is 2. The molecule has 0 spiro atoms. The summed E-state index contributed by atoms with van der Waals surface area (Å²) in [5.74, 6) is 0.0526. The van der Waals surface area contributed by atoms with Gasteiger partial charge in [-0.1, -0.05) is 30.3 Å². The molecule has 0 bridgehead atoms. The zero-order chi connectivity index (χ0) is 13.8. The number of benzene rings is 2. The normalized spacial score (nSPS) is 10.3. The van der Waals surface area contributed by atoms with Crippen LogP contribution in [0.2, 0.25) is 0 Å². The summed E-state index contributed by atoms with van der Waals surface area (Å²) >= 11 is 0. The van der Waals surface area contributed by atoms with Crippen molar-refractivity contribution in [2.45, 2.75) is 20.8 Å². The lowest BCUT2D eigenvalue weighted by Crippen LogP contribution is -2.31. The third-order valence-electron chi connectivity index (χ3n) is 3.24. The van der Waals surface area contributed by atoms with E-state index in [2.05, 4.69) is 18.2 Å². The van der Waals surface area contributed by atoms with Crippen molar-refractivity contribution in [2.75, 3.05) is 11.4 Å². The van der Waals surface area contributed by atoms with Gasteiger partial charge in [0, 0.05) is 17.8 Å². The van der Waals surface area contributed by atoms with E-state index in [1.54, 1.807) is 0 Å². The van der Waals surface area contributed by atoms with Crippen LogP contribution in [0, 0.1) is 13.8 Å². The van der Waals surface area contributed by atoms with Gasteiger partial charge in [0.2, 0.25) is 0 Å². The van der Waals surface area contributed by atoms with Crippen LogP contribution >= 0.6 is 0 Å². The lowest BCUT2D eigenvalue weighted by Gasteiger charge is -2.23. The molecule has 0 N–H and O–H groups in total. The smallest absolute Gasteiger partial charge is 0.258 e. The van der Waals surface area contributed by atoms with Gasteiger partial charge in [-0.15, -0.1) is 0 Å². The van der Waals surface area contributed by atoms with E-state index in [-0.39, 0.29) is 5.91 Å². The van der Waals surface area contributed by atoms with Crippen LogP contribution < -0.4 is 4.90 Å². The van der Waals surface area contributed by atoms with Gasteiger partial charge in [0.1, 0.15) is 0 Å². The van der Waals surface area contributed by atoms with Crippen molar-refractivity contribution >= 4 is 11.6 Å². The minimum absolute atomic E-state index is 0.0526. The van der Waals surface area contributed by atoms with Gasteiger partial charge in [0.15, 0.2) is 0 Å². The molecule has 2 aromatic carbocycles. The molecule has 0 unspecified atom stereocenters. The quantitative estimate of drug-likeness (QED) is 0.810. The predicted molar refractivity (Wildman–Crippen MR) is 79.7 cm³/mol. The Hall–Kier alpha value is -2.09. The molecule has 0 saturated carbocycles. The third kappa shape index (κ3) is 2.84. The van der Waals surface area contributed by atoms with E-state index in [1.807, 2.05) is 56.0 Å². The second-order valence-electron chi connectivity index (χ2n) is 4.71. The molecular formula is C17H19NO. The van der Waals surface area contributed by atoms with E-state index < -0.39 is 0 Å². The molecule has 0 saturated heterocycles. The Balaban J connectivity index is 2.40. The van der Waals surface area contributed by atoms with Crippen molar-refractivity contribution in [1.29, 1.82) is 0 Å². The Bertz CT molecular complexity index is 575. The molecule has 2 aromatic rings. The zero-order valence-corrected chi connectivity index (χ0v) is 11.7. The van der Waals surface area contributed by atoms with Crippen LogP contribution in [-0.2, 0) is 0 Å². The molecule has 0 aliphatic rings. The van der Waals surface area contributed by atoms with Crippen molar-refractivity contribution in [3.05, 3.63) is 65.2 Å². The number of anilines is 1. The van der Waals surface area contributed by atoms with Crippen LogP contribution in [0.25, 0.3) is 0 Å². The van der Waals surface area contributed by atoms with Gasteiger partial charge in [-0.25, -0.2) is 0 Å². The SMILES string of the molecule is CCN(C(=O)c1ccccc1)c1cc(C)ccc1C. The largest absolute Gasteiger partial charge is 0.308 e. The van der Waals surface area contributed by atoms with E-state index in [0.29, 0.717) is 6.54 Å². The molecule has 0 heterocycles. The maximum atomic E-state index is 12.6. The Morgan fingerprint density at radius 2 is 1.74 bits per heavy atom. The summed E-state index contributed by atoms with van der Waals surface area (Å²) in [5, 5.41) is 0. The Morgan fingerprint density at radius 3 is 2.37 bits per heavy atom. The van der Waals surface area contributed by atoms with Crippen molar-refractivity contribution < 1.29 is 4.79 Å². The number of rotatable bonds is 3. The van der Waals surface area contributed by atoms with E-state index in [4.69, 9.17) is 0 Å². The molecule has 19 heavy (non-hydrogen) atoms. The maximum Gasteiger partial charge on any atom is 0.258 e. The zero-order valence-electron chi connectivity index (χ0n) is 11.7. The standard InChI is InChI=1S/C17H19NO/c1-4-18(16-12-13(2)10-11-14(16)3)17(19)15-8-6-5-7-9-15/h5-12H,4H2,1-3H3. The third-order valence-corrected chi connectivity index (χ3v) is 3.24. The number of hydrogen-bond acceptors (Lipinski definition) is 1. The Kier molecular flexibility index (Phi) is 4.00. The highest BCUT2D eigenvalue weighted by Gasteiger charge is 2.17. The summed E-state index contributed by atoms with van der Waals surface area (Å²) in [6.07, 6.45) is 0. The number of carbonyl (C=O) groups is 1. The summed E-state index contributed by atoms with van der Waals surface area (Å²) in [6.45, 7) is 6.75. The second kappa shape index (κ2) is 5.70. The fraction of sp³-hybridized carbons (Fsp3) is 0.235. The van der Waals surface area contributed by atoms with Crippen LogP contribution in [0.15, 0.2) is 48.5 Å². The molecule has 2 heteroatoms. The summed E-state index contributed by atoms with van der Waals surface area (Å²) in [6, 6.07) is 15.6. The number of amides is 1. The first-order valence-electron chi connectivity index (χ1n) is 6.57. The highest BCUT2D eigenvalue weighted by atomic mass is 16.2. The van der Waals surface area contributed by atoms with Gasteiger partial charge in [-0.05, 0) is 50.1 Å². The summed E-state index contributed by atoms with van der Waals surface area (Å²) in [7, 11) is 0. The van der Waals surface area contributed by atoms with Gasteiger partial charge in [-0.3, -0.25) is 4.79 Å². The average molecular weight is 253 g/mol. The first-order chi connectivity index (χ1) is 9.13. The molecule has 98 valence electrons. The Labute approximate surface area is 114 Å². The predicted octanol–water partition coefficient (Wildman–Crippen LogP) is 3.97. The van der Waals surface area contributed by atoms with Crippen molar-refractivity contribution in [3.63, 3.8) is 0 Å².